The molecule has 1 unspecified atom stereocenters. The van der Waals surface area contributed by atoms with Gasteiger partial charge in [-0.3, -0.25) is 4.79 Å². The summed E-state index contributed by atoms with van der Waals surface area (Å²) in [6.07, 6.45) is 7.43. The van der Waals surface area contributed by atoms with Crippen molar-refractivity contribution in [3.05, 3.63) is 0 Å². The molecular formula is C11H22N2O. The molecular weight excluding hydrogens is 176 g/mol. The van der Waals surface area contributed by atoms with Crippen molar-refractivity contribution < 1.29 is 4.79 Å². The van der Waals surface area contributed by atoms with Crippen LogP contribution in [0, 0.1) is 0 Å². The fraction of sp³-hybridized carbons (Fsp3) is 0.909. The van der Waals surface area contributed by atoms with Crippen LogP contribution in [0.1, 0.15) is 39.0 Å². The normalized spacial score (nSPS) is 22.4. The molecule has 3 heteroatoms. The number of nitrogens with one attached hydrogen (secondary N) is 1. The highest BCUT2D eigenvalue weighted by molar-refractivity contribution is 5.47. The summed E-state index contributed by atoms with van der Waals surface area (Å²) in [5.41, 5.74) is 0. The Hall–Kier alpha value is -0.570. The van der Waals surface area contributed by atoms with Gasteiger partial charge in [0.05, 0.1) is 0 Å². The molecule has 1 atom stereocenters. The quantitative estimate of drug-likeness (QED) is 0.516. The minimum absolute atomic E-state index is 0.533. The Morgan fingerprint density at radius 1 is 1.43 bits per heavy atom. The van der Waals surface area contributed by atoms with Crippen LogP contribution in [0.3, 0.4) is 0 Å². The van der Waals surface area contributed by atoms with Gasteiger partial charge in [0.15, 0.2) is 0 Å². The Balaban J connectivity index is 2.08. The highest BCUT2D eigenvalue weighted by Crippen LogP contribution is 2.08. The van der Waals surface area contributed by atoms with Gasteiger partial charge in [-0.1, -0.05) is 32.6 Å². The van der Waals surface area contributed by atoms with Crippen molar-refractivity contribution in [1.82, 2.24) is 10.2 Å². The first-order valence-corrected chi connectivity index (χ1v) is 5.79. The lowest BCUT2D eigenvalue weighted by molar-refractivity contribution is -0.119. The number of unbranched alkanes of at least 4 members (excludes halogenated alkanes) is 3. The van der Waals surface area contributed by atoms with Crippen LogP contribution >= 0.6 is 0 Å². The molecule has 1 aliphatic heterocycles. The van der Waals surface area contributed by atoms with E-state index in [0.29, 0.717) is 6.04 Å². The minimum atomic E-state index is 0.533. The summed E-state index contributed by atoms with van der Waals surface area (Å²) in [4.78, 5) is 12.5. The van der Waals surface area contributed by atoms with Crippen LogP contribution in [-0.2, 0) is 4.79 Å². The number of nitrogens with zero attached hydrogens (tertiary/aromatic N) is 1. The lowest BCUT2D eigenvalue weighted by Crippen LogP contribution is -2.49. The molecule has 1 saturated heterocycles. The summed E-state index contributed by atoms with van der Waals surface area (Å²) in [7, 11) is 0. The predicted molar refractivity (Wildman–Crippen MR) is 58.2 cm³/mol. The molecule has 1 amide bonds. The molecule has 3 nitrogen and oxygen atoms in total. The second-order valence-corrected chi connectivity index (χ2v) is 4.10. The number of piperazine rings is 1. The minimum Gasteiger partial charge on any atom is -0.342 e. The summed E-state index contributed by atoms with van der Waals surface area (Å²) in [6, 6.07) is 0.533. The first-order chi connectivity index (χ1) is 6.86. The van der Waals surface area contributed by atoms with Gasteiger partial charge in [0.2, 0.25) is 6.41 Å². The summed E-state index contributed by atoms with van der Waals surface area (Å²) in [6.45, 7) is 4.95. The Labute approximate surface area is 86.9 Å². The second kappa shape index (κ2) is 6.82. The number of hydrogen-bond donors (Lipinski definition) is 1. The summed E-state index contributed by atoms with van der Waals surface area (Å²) >= 11 is 0. The molecule has 1 N–H and O–H groups in total. The lowest BCUT2D eigenvalue weighted by atomic mass is 10.1. The molecule has 0 spiro atoms. The van der Waals surface area contributed by atoms with Crippen molar-refractivity contribution in [2.24, 2.45) is 0 Å². The molecule has 1 aliphatic rings. The van der Waals surface area contributed by atoms with Gasteiger partial charge in [-0.25, -0.2) is 0 Å². The number of carbonyl (C=O) groups is 1. The Kier molecular flexibility index (Phi) is 5.60. The van der Waals surface area contributed by atoms with E-state index in [1.807, 2.05) is 4.90 Å². The fourth-order valence-corrected chi connectivity index (χ4v) is 1.96. The summed E-state index contributed by atoms with van der Waals surface area (Å²) in [5, 5.41) is 3.46. The molecule has 1 heterocycles. The van der Waals surface area contributed by atoms with E-state index in [0.717, 1.165) is 26.0 Å². The van der Waals surface area contributed by atoms with E-state index in [9.17, 15) is 4.79 Å². The molecule has 0 aromatic carbocycles. The predicted octanol–water partition coefficient (Wildman–Crippen LogP) is 1.39. The molecule has 0 aliphatic carbocycles. The van der Waals surface area contributed by atoms with Crippen molar-refractivity contribution in [3.8, 4) is 0 Å². The largest absolute Gasteiger partial charge is 0.342 e. The molecule has 0 radical (unpaired) electrons. The maximum atomic E-state index is 10.6. The average molecular weight is 198 g/mol. The zero-order valence-electron chi connectivity index (χ0n) is 9.17. The maximum absolute atomic E-state index is 10.6. The Bertz CT molecular complexity index is 161. The van der Waals surface area contributed by atoms with Gasteiger partial charge in [0, 0.05) is 25.7 Å². The Morgan fingerprint density at radius 3 is 3.00 bits per heavy atom. The van der Waals surface area contributed by atoms with Crippen LogP contribution in [0.25, 0.3) is 0 Å². The first kappa shape index (κ1) is 11.5. The summed E-state index contributed by atoms with van der Waals surface area (Å²) in [5.74, 6) is 0. The molecule has 1 rings (SSSR count). The van der Waals surface area contributed by atoms with Gasteiger partial charge in [0.1, 0.15) is 0 Å². The van der Waals surface area contributed by atoms with Gasteiger partial charge in [-0.15, -0.1) is 0 Å². The van der Waals surface area contributed by atoms with Crippen LogP contribution < -0.4 is 5.32 Å². The van der Waals surface area contributed by atoms with Crippen LogP contribution in [0.15, 0.2) is 0 Å². The third-order valence-corrected chi connectivity index (χ3v) is 2.84. The van der Waals surface area contributed by atoms with Crippen molar-refractivity contribution >= 4 is 6.41 Å². The number of rotatable bonds is 6. The third kappa shape index (κ3) is 4.09. The van der Waals surface area contributed by atoms with Crippen molar-refractivity contribution in [1.29, 1.82) is 0 Å². The van der Waals surface area contributed by atoms with Crippen molar-refractivity contribution in [2.45, 2.75) is 45.1 Å². The number of hydrogen-bond acceptors (Lipinski definition) is 2. The zero-order valence-corrected chi connectivity index (χ0v) is 9.17. The number of amides is 1. The summed E-state index contributed by atoms with van der Waals surface area (Å²) < 4.78 is 0. The lowest BCUT2D eigenvalue weighted by Gasteiger charge is -2.31. The van der Waals surface area contributed by atoms with E-state index >= 15 is 0 Å². The Morgan fingerprint density at radius 2 is 2.29 bits per heavy atom. The monoisotopic (exact) mass is 198 g/mol. The molecule has 0 saturated carbocycles. The van der Waals surface area contributed by atoms with E-state index in [1.54, 1.807) is 0 Å². The van der Waals surface area contributed by atoms with Crippen LogP contribution in [0.2, 0.25) is 0 Å². The first-order valence-electron chi connectivity index (χ1n) is 5.79. The maximum Gasteiger partial charge on any atom is 0.209 e. The molecule has 0 bridgehead atoms. The van der Waals surface area contributed by atoms with Crippen molar-refractivity contribution in [2.75, 3.05) is 19.6 Å². The van der Waals surface area contributed by atoms with E-state index in [4.69, 9.17) is 0 Å². The molecule has 0 aromatic heterocycles. The topological polar surface area (TPSA) is 32.3 Å². The molecule has 14 heavy (non-hydrogen) atoms. The highest BCUT2D eigenvalue weighted by Gasteiger charge is 2.16. The standard InChI is InChI=1S/C11H22N2O/c1-2-3-4-5-6-11-9-13(10-14)8-7-12-11/h10-12H,2-9H2,1H3. The second-order valence-electron chi connectivity index (χ2n) is 4.10. The third-order valence-electron chi connectivity index (χ3n) is 2.84. The SMILES string of the molecule is CCCCCCC1CN(C=O)CCN1. The van der Waals surface area contributed by atoms with Crippen LogP contribution in [0.4, 0.5) is 0 Å². The van der Waals surface area contributed by atoms with Crippen LogP contribution in [0.5, 0.6) is 0 Å². The van der Waals surface area contributed by atoms with E-state index < -0.39 is 0 Å². The van der Waals surface area contributed by atoms with Gasteiger partial charge >= 0.3 is 0 Å². The van der Waals surface area contributed by atoms with E-state index in [1.165, 1.54) is 32.1 Å². The fourth-order valence-electron chi connectivity index (χ4n) is 1.96. The van der Waals surface area contributed by atoms with Gasteiger partial charge in [-0.2, -0.15) is 0 Å². The van der Waals surface area contributed by atoms with Gasteiger partial charge in [-0.05, 0) is 6.42 Å². The van der Waals surface area contributed by atoms with Crippen LogP contribution in [-0.4, -0.2) is 37.0 Å². The molecule has 1 fully saturated rings. The highest BCUT2D eigenvalue weighted by atomic mass is 16.1. The zero-order chi connectivity index (χ0) is 10.2. The molecule has 0 aromatic rings. The van der Waals surface area contributed by atoms with E-state index in [2.05, 4.69) is 12.2 Å². The number of carbonyl (C=O) groups excluding carboxylic acids is 1. The van der Waals surface area contributed by atoms with Crippen molar-refractivity contribution in [3.63, 3.8) is 0 Å². The smallest absolute Gasteiger partial charge is 0.209 e. The van der Waals surface area contributed by atoms with E-state index in [-0.39, 0.29) is 0 Å². The van der Waals surface area contributed by atoms with Gasteiger partial charge in [0.25, 0.3) is 0 Å². The van der Waals surface area contributed by atoms with Gasteiger partial charge < -0.3 is 10.2 Å². The molecule has 82 valence electrons. The average Bonchev–Trinajstić information content (AvgIpc) is 2.25.